The second-order valence-electron chi connectivity index (χ2n) is 8.48. The van der Waals surface area contributed by atoms with Gasteiger partial charge in [0, 0.05) is 40.2 Å². The molecule has 174 valence electrons. The van der Waals surface area contributed by atoms with E-state index in [0.29, 0.717) is 18.3 Å². The Morgan fingerprint density at radius 2 is 1.71 bits per heavy atom. The van der Waals surface area contributed by atoms with Crippen LogP contribution in [-0.2, 0) is 11.3 Å². The van der Waals surface area contributed by atoms with Crippen LogP contribution in [0, 0.1) is 23.6 Å². The summed E-state index contributed by atoms with van der Waals surface area (Å²) in [7, 11) is 0. The van der Waals surface area contributed by atoms with E-state index in [1.165, 1.54) is 12.1 Å². The summed E-state index contributed by atoms with van der Waals surface area (Å²) in [5.74, 6) is 6.12. The molecule has 0 spiro atoms. The summed E-state index contributed by atoms with van der Waals surface area (Å²) in [4.78, 5) is 13.5. The Kier molecular flexibility index (Phi) is 8.24. The Morgan fingerprint density at radius 3 is 2.41 bits per heavy atom. The lowest BCUT2D eigenvalue weighted by Crippen LogP contribution is -2.36. The predicted octanol–water partition coefficient (Wildman–Crippen LogP) is 5.28. The van der Waals surface area contributed by atoms with E-state index < -0.39 is 0 Å². The quantitative estimate of drug-likeness (QED) is 0.259. The van der Waals surface area contributed by atoms with Crippen molar-refractivity contribution in [3.8, 4) is 11.8 Å². The average Bonchev–Trinajstić information content (AvgIpc) is 2.87. The molecule has 4 N–H and O–H groups in total. The Bertz CT molecular complexity index is 1160. The van der Waals surface area contributed by atoms with E-state index in [1.807, 2.05) is 48.5 Å². The van der Waals surface area contributed by atoms with E-state index in [1.54, 1.807) is 24.1 Å². The van der Waals surface area contributed by atoms with Crippen molar-refractivity contribution in [1.82, 2.24) is 10.0 Å². The predicted molar refractivity (Wildman–Crippen MR) is 136 cm³/mol. The molecule has 1 amide bonds. The number of anilines is 1. The average molecular weight is 474 g/mol. The summed E-state index contributed by atoms with van der Waals surface area (Å²) in [6.07, 6.45) is 3.59. The first kappa shape index (κ1) is 23.9. The number of nitrogens with one attached hydrogen (secondary N) is 2. The van der Waals surface area contributed by atoms with Crippen LogP contribution >= 0.6 is 11.9 Å². The molecule has 3 aromatic rings. The molecule has 0 aliphatic heterocycles. The number of hydrogen-bond acceptors (Lipinski definition) is 4. The molecule has 6 heteroatoms. The lowest BCUT2D eigenvalue weighted by atomic mass is 9.86. The standard InChI is InChI=1S/C28H28FN3OS/c29-24-13-7-21(8-14-24)19-31-28(33)23-10-15-25(16-11-23)32-34-26-17-12-22(27(30)18-26)9-6-20-4-2-1-3-5-20/h1-5,7-8,12-14,17-18,23,25,32H,10-11,15-16,19,30H2,(H,31,33). The molecule has 4 nitrogen and oxygen atoms in total. The van der Waals surface area contributed by atoms with Gasteiger partial charge in [-0.3, -0.25) is 9.52 Å². The van der Waals surface area contributed by atoms with Crippen molar-refractivity contribution in [1.29, 1.82) is 0 Å². The Labute approximate surface area is 204 Å². The smallest absolute Gasteiger partial charge is 0.223 e. The molecule has 0 heterocycles. The Morgan fingerprint density at radius 1 is 0.971 bits per heavy atom. The minimum Gasteiger partial charge on any atom is -0.398 e. The molecule has 0 aromatic heterocycles. The number of benzene rings is 3. The van der Waals surface area contributed by atoms with E-state index in [4.69, 9.17) is 5.73 Å². The second-order valence-corrected chi connectivity index (χ2v) is 9.39. The van der Waals surface area contributed by atoms with Gasteiger partial charge < -0.3 is 11.1 Å². The van der Waals surface area contributed by atoms with Crippen molar-refractivity contribution in [2.24, 2.45) is 5.92 Å². The first-order chi connectivity index (χ1) is 16.6. The number of carbonyl (C=O) groups is 1. The third-order valence-corrected chi connectivity index (χ3v) is 6.90. The van der Waals surface area contributed by atoms with E-state index in [9.17, 15) is 9.18 Å². The zero-order valence-corrected chi connectivity index (χ0v) is 19.7. The van der Waals surface area contributed by atoms with Gasteiger partial charge in [-0.2, -0.15) is 0 Å². The van der Waals surface area contributed by atoms with E-state index in [2.05, 4.69) is 21.9 Å². The molecule has 0 saturated heterocycles. The minimum atomic E-state index is -0.269. The molecule has 1 aliphatic rings. The maximum Gasteiger partial charge on any atom is 0.223 e. The molecule has 0 bridgehead atoms. The van der Waals surface area contributed by atoms with Crippen LogP contribution in [0.2, 0.25) is 0 Å². The summed E-state index contributed by atoms with van der Waals surface area (Å²) in [5.41, 5.74) is 9.56. The maximum atomic E-state index is 13.0. The first-order valence-corrected chi connectivity index (χ1v) is 12.3. The summed E-state index contributed by atoms with van der Waals surface area (Å²) >= 11 is 1.57. The van der Waals surface area contributed by atoms with Gasteiger partial charge in [-0.15, -0.1) is 0 Å². The number of rotatable bonds is 6. The van der Waals surface area contributed by atoms with Crippen molar-refractivity contribution >= 4 is 23.5 Å². The fraction of sp³-hybridized carbons (Fsp3) is 0.250. The summed E-state index contributed by atoms with van der Waals surface area (Å²) in [5, 5.41) is 2.98. The zero-order chi connectivity index (χ0) is 23.8. The molecule has 1 saturated carbocycles. The fourth-order valence-corrected chi connectivity index (χ4v) is 4.80. The Hall–Kier alpha value is -3.27. The van der Waals surface area contributed by atoms with Gasteiger partial charge in [0.2, 0.25) is 5.91 Å². The lowest BCUT2D eigenvalue weighted by Gasteiger charge is -2.28. The fourth-order valence-electron chi connectivity index (χ4n) is 3.94. The highest BCUT2D eigenvalue weighted by Crippen LogP contribution is 2.28. The van der Waals surface area contributed by atoms with Crippen LogP contribution in [0.1, 0.15) is 42.4 Å². The van der Waals surface area contributed by atoms with Crippen LogP contribution in [0.25, 0.3) is 0 Å². The van der Waals surface area contributed by atoms with Crippen LogP contribution in [0.15, 0.2) is 77.7 Å². The van der Waals surface area contributed by atoms with Gasteiger partial charge in [0.25, 0.3) is 0 Å². The molecular formula is C28H28FN3OS. The third kappa shape index (κ3) is 6.86. The van der Waals surface area contributed by atoms with Gasteiger partial charge in [-0.05, 0) is 85.7 Å². The van der Waals surface area contributed by atoms with Crippen LogP contribution < -0.4 is 15.8 Å². The number of nitrogens with two attached hydrogens (primary N) is 1. The van der Waals surface area contributed by atoms with Gasteiger partial charge in [0.15, 0.2) is 0 Å². The molecule has 0 unspecified atom stereocenters. The van der Waals surface area contributed by atoms with Crippen molar-refractivity contribution in [2.75, 3.05) is 5.73 Å². The SMILES string of the molecule is Nc1cc(SNC2CCC(C(=O)NCc3ccc(F)cc3)CC2)ccc1C#Cc1ccccc1. The van der Waals surface area contributed by atoms with Gasteiger partial charge in [-0.1, -0.05) is 42.2 Å². The maximum absolute atomic E-state index is 13.0. The molecule has 0 radical (unpaired) electrons. The summed E-state index contributed by atoms with van der Waals surface area (Å²) < 4.78 is 16.5. The summed E-state index contributed by atoms with van der Waals surface area (Å²) in [6, 6.07) is 22.3. The highest BCUT2D eigenvalue weighted by atomic mass is 32.2. The van der Waals surface area contributed by atoms with Crippen LogP contribution in [0.3, 0.4) is 0 Å². The molecule has 1 aliphatic carbocycles. The highest BCUT2D eigenvalue weighted by Gasteiger charge is 2.26. The van der Waals surface area contributed by atoms with Crippen molar-refractivity contribution in [3.05, 3.63) is 95.3 Å². The van der Waals surface area contributed by atoms with Gasteiger partial charge >= 0.3 is 0 Å². The van der Waals surface area contributed by atoms with Crippen molar-refractivity contribution in [2.45, 2.75) is 43.2 Å². The molecule has 34 heavy (non-hydrogen) atoms. The number of nitrogen functional groups attached to an aromatic ring is 1. The highest BCUT2D eigenvalue weighted by molar-refractivity contribution is 7.97. The minimum absolute atomic E-state index is 0.0293. The third-order valence-electron chi connectivity index (χ3n) is 5.96. The van der Waals surface area contributed by atoms with Crippen LogP contribution in [0.4, 0.5) is 10.1 Å². The zero-order valence-electron chi connectivity index (χ0n) is 18.9. The van der Waals surface area contributed by atoms with Crippen molar-refractivity contribution < 1.29 is 9.18 Å². The number of hydrogen-bond donors (Lipinski definition) is 3. The van der Waals surface area contributed by atoms with Gasteiger partial charge in [0.05, 0.1) is 0 Å². The van der Waals surface area contributed by atoms with E-state index in [-0.39, 0.29) is 17.6 Å². The Balaban J connectivity index is 1.21. The topological polar surface area (TPSA) is 67.1 Å². The monoisotopic (exact) mass is 473 g/mol. The number of carbonyl (C=O) groups excluding carboxylic acids is 1. The van der Waals surface area contributed by atoms with Crippen LogP contribution in [0.5, 0.6) is 0 Å². The molecular weight excluding hydrogens is 445 g/mol. The molecule has 4 rings (SSSR count). The normalized spacial score (nSPS) is 17.4. The molecule has 3 aromatic carbocycles. The van der Waals surface area contributed by atoms with Crippen LogP contribution in [-0.4, -0.2) is 11.9 Å². The molecule has 0 atom stereocenters. The lowest BCUT2D eigenvalue weighted by molar-refractivity contribution is -0.126. The largest absolute Gasteiger partial charge is 0.398 e. The van der Waals surface area contributed by atoms with E-state index >= 15 is 0 Å². The van der Waals surface area contributed by atoms with Crippen molar-refractivity contribution in [3.63, 3.8) is 0 Å². The summed E-state index contributed by atoms with van der Waals surface area (Å²) in [6.45, 7) is 0.431. The van der Waals surface area contributed by atoms with Gasteiger partial charge in [-0.25, -0.2) is 4.39 Å². The van der Waals surface area contributed by atoms with E-state index in [0.717, 1.165) is 47.3 Å². The number of halogens is 1. The first-order valence-electron chi connectivity index (χ1n) is 11.5. The number of amides is 1. The molecule has 1 fully saturated rings. The van der Waals surface area contributed by atoms with Gasteiger partial charge in [0.1, 0.15) is 5.82 Å². The second kappa shape index (κ2) is 11.7.